The molecule has 5 nitrogen and oxygen atoms in total. The van der Waals surface area contributed by atoms with Crippen LogP contribution in [0.1, 0.15) is 48.6 Å². The topological polar surface area (TPSA) is 85.8 Å². The van der Waals surface area contributed by atoms with Gasteiger partial charge in [-0.25, -0.2) is 0 Å². The van der Waals surface area contributed by atoms with Crippen LogP contribution in [0.25, 0.3) is 0 Å². The third-order valence-electron chi connectivity index (χ3n) is 4.24. The summed E-state index contributed by atoms with van der Waals surface area (Å²) in [6, 6.07) is 2.17. The van der Waals surface area contributed by atoms with Gasteiger partial charge in [-0.2, -0.15) is 5.26 Å². The molecule has 1 saturated carbocycles. The molecule has 1 unspecified atom stereocenters. The zero-order valence-corrected chi connectivity index (χ0v) is 12.7. The van der Waals surface area contributed by atoms with Gasteiger partial charge in [0.25, 0.3) is 5.56 Å². The van der Waals surface area contributed by atoms with Crippen molar-refractivity contribution in [3.63, 3.8) is 0 Å². The molecule has 21 heavy (non-hydrogen) atoms. The van der Waals surface area contributed by atoms with Gasteiger partial charge < -0.3 is 10.3 Å². The summed E-state index contributed by atoms with van der Waals surface area (Å²) in [5, 5.41) is 12.0. The van der Waals surface area contributed by atoms with E-state index in [1.54, 1.807) is 13.8 Å². The number of amides is 1. The summed E-state index contributed by atoms with van der Waals surface area (Å²) in [5.74, 6) is 0.661. The predicted molar refractivity (Wildman–Crippen MR) is 79.9 cm³/mol. The first kappa shape index (κ1) is 15.3. The monoisotopic (exact) mass is 287 g/mol. The van der Waals surface area contributed by atoms with E-state index >= 15 is 0 Å². The van der Waals surface area contributed by atoms with Gasteiger partial charge in [-0.15, -0.1) is 0 Å². The van der Waals surface area contributed by atoms with E-state index in [0.717, 1.165) is 11.3 Å². The minimum Gasteiger partial charge on any atom is -0.353 e. The van der Waals surface area contributed by atoms with Crippen LogP contribution in [0.3, 0.4) is 0 Å². The van der Waals surface area contributed by atoms with Crippen molar-refractivity contribution in [3.05, 3.63) is 32.7 Å². The van der Waals surface area contributed by atoms with Crippen molar-refractivity contribution in [2.24, 2.45) is 5.92 Å². The molecule has 1 aliphatic carbocycles. The molecule has 0 aliphatic heterocycles. The Hall–Kier alpha value is -2.09. The Morgan fingerprint density at radius 2 is 2.14 bits per heavy atom. The fraction of sp³-hybridized carbons (Fsp3) is 0.562. The standard InChI is InChI=1S/C16H21N3O2/c1-9-13(11(3)19-16(21)14(9)8-17)6-7-15(20)18-10(2)12-4-5-12/h10,12H,4-7H2,1-3H3,(H,18,20)(H,19,21). The van der Waals surface area contributed by atoms with E-state index < -0.39 is 0 Å². The number of aromatic amines is 1. The lowest BCUT2D eigenvalue weighted by molar-refractivity contribution is -0.121. The summed E-state index contributed by atoms with van der Waals surface area (Å²) >= 11 is 0. The molecule has 0 spiro atoms. The Labute approximate surface area is 124 Å². The smallest absolute Gasteiger partial charge is 0.266 e. The van der Waals surface area contributed by atoms with Gasteiger partial charge in [0.15, 0.2) is 0 Å². The molecule has 2 rings (SSSR count). The lowest BCUT2D eigenvalue weighted by atomic mass is 9.99. The number of pyridine rings is 1. The minimum atomic E-state index is -0.358. The van der Waals surface area contributed by atoms with E-state index in [-0.39, 0.29) is 23.1 Å². The van der Waals surface area contributed by atoms with Gasteiger partial charge in [-0.3, -0.25) is 9.59 Å². The van der Waals surface area contributed by atoms with Gasteiger partial charge in [-0.05, 0) is 57.1 Å². The minimum absolute atomic E-state index is 0.0258. The molecule has 0 saturated heterocycles. The van der Waals surface area contributed by atoms with E-state index in [1.165, 1.54) is 12.8 Å². The zero-order chi connectivity index (χ0) is 15.6. The Kier molecular flexibility index (Phi) is 4.46. The maximum Gasteiger partial charge on any atom is 0.266 e. The quantitative estimate of drug-likeness (QED) is 0.864. The maximum atomic E-state index is 12.0. The highest BCUT2D eigenvalue weighted by molar-refractivity contribution is 5.76. The molecule has 1 fully saturated rings. The number of nitrogens with zero attached hydrogens (tertiary/aromatic N) is 1. The van der Waals surface area contributed by atoms with Gasteiger partial charge >= 0.3 is 0 Å². The Bertz CT molecular complexity index is 651. The largest absolute Gasteiger partial charge is 0.353 e. The van der Waals surface area contributed by atoms with Crippen molar-refractivity contribution in [1.82, 2.24) is 10.3 Å². The molecular formula is C16H21N3O2. The SMILES string of the molecule is Cc1[nH]c(=O)c(C#N)c(C)c1CCC(=O)NC(C)C1CC1. The normalized spacial score (nSPS) is 15.3. The molecule has 1 atom stereocenters. The average Bonchev–Trinajstić information content (AvgIpc) is 3.22. The first-order valence-electron chi connectivity index (χ1n) is 7.35. The molecule has 1 aromatic rings. The van der Waals surface area contributed by atoms with E-state index in [4.69, 9.17) is 5.26 Å². The first-order valence-corrected chi connectivity index (χ1v) is 7.35. The van der Waals surface area contributed by atoms with Crippen LogP contribution in [0.2, 0.25) is 0 Å². The van der Waals surface area contributed by atoms with E-state index in [2.05, 4.69) is 10.3 Å². The molecule has 1 amide bonds. The van der Waals surface area contributed by atoms with Crippen LogP contribution in [0.15, 0.2) is 4.79 Å². The van der Waals surface area contributed by atoms with Crippen LogP contribution in [-0.4, -0.2) is 16.9 Å². The number of rotatable bonds is 5. The molecule has 0 bridgehead atoms. The van der Waals surface area contributed by atoms with Crippen molar-refractivity contribution >= 4 is 5.91 Å². The van der Waals surface area contributed by atoms with Gasteiger partial charge in [0.05, 0.1) is 0 Å². The number of carbonyl (C=O) groups excluding carboxylic acids is 1. The number of hydrogen-bond acceptors (Lipinski definition) is 3. The molecular weight excluding hydrogens is 266 g/mol. The number of nitrogens with one attached hydrogen (secondary N) is 2. The molecule has 0 aromatic carbocycles. The number of carbonyl (C=O) groups is 1. The number of aryl methyl sites for hydroxylation is 1. The number of H-pyrrole nitrogens is 1. The summed E-state index contributed by atoms with van der Waals surface area (Å²) in [7, 11) is 0. The Morgan fingerprint density at radius 3 is 2.71 bits per heavy atom. The summed E-state index contributed by atoms with van der Waals surface area (Å²) < 4.78 is 0. The van der Waals surface area contributed by atoms with Gasteiger partial charge in [-0.1, -0.05) is 0 Å². The molecule has 5 heteroatoms. The fourth-order valence-electron chi connectivity index (χ4n) is 2.70. The van der Waals surface area contributed by atoms with Crippen molar-refractivity contribution in [2.75, 3.05) is 0 Å². The van der Waals surface area contributed by atoms with Crippen molar-refractivity contribution < 1.29 is 4.79 Å². The summed E-state index contributed by atoms with van der Waals surface area (Å²) in [6.07, 6.45) is 3.30. The molecule has 1 aliphatic rings. The highest BCUT2D eigenvalue weighted by Crippen LogP contribution is 2.32. The van der Waals surface area contributed by atoms with Gasteiger partial charge in [0.1, 0.15) is 11.6 Å². The lowest BCUT2D eigenvalue weighted by Crippen LogP contribution is -2.34. The maximum absolute atomic E-state index is 12.0. The molecule has 112 valence electrons. The second-order valence-corrected chi connectivity index (χ2v) is 5.86. The molecule has 1 aromatic heterocycles. The zero-order valence-electron chi connectivity index (χ0n) is 12.7. The van der Waals surface area contributed by atoms with Crippen LogP contribution >= 0.6 is 0 Å². The number of nitriles is 1. The second kappa shape index (κ2) is 6.13. The highest BCUT2D eigenvalue weighted by Gasteiger charge is 2.28. The van der Waals surface area contributed by atoms with Gasteiger partial charge in [0, 0.05) is 18.2 Å². The lowest BCUT2D eigenvalue weighted by Gasteiger charge is -2.14. The van der Waals surface area contributed by atoms with E-state index in [0.29, 0.717) is 24.3 Å². The Balaban J connectivity index is 2.04. The highest BCUT2D eigenvalue weighted by atomic mass is 16.1. The third kappa shape index (κ3) is 3.52. The molecule has 1 heterocycles. The van der Waals surface area contributed by atoms with Crippen molar-refractivity contribution in [3.8, 4) is 6.07 Å². The second-order valence-electron chi connectivity index (χ2n) is 5.86. The number of aromatic nitrogens is 1. The average molecular weight is 287 g/mol. The third-order valence-corrected chi connectivity index (χ3v) is 4.24. The van der Waals surface area contributed by atoms with Gasteiger partial charge in [0.2, 0.25) is 5.91 Å². The van der Waals surface area contributed by atoms with Crippen LogP contribution < -0.4 is 10.9 Å². The van der Waals surface area contributed by atoms with Crippen LogP contribution in [0.5, 0.6) is 0 Å². The summed E-state index contributed by atoms with van der Waals surface area (Å²) in [6.45, 7) is 5.61. The van der Waals surface area contributed by atoms with Crippen molar-refractivity contribution in [1.29, 1.82) is 5.26 Å². The number of hydrogen-bond donors (Lipinski definition) is 2. The molecule has 2 N–H and O–H groups in total. The molecule has 0 radical (unpaired) electrons. The van der Waals surface area contributed by atoms with E-state index in [1.807, 2.05) is 13.0 Å². The first-order chi connectivity index (χ1) is 9.93. The van der Waals surface area contributed by atoms with Crippen LogP contribution in [0.4, 0.5) is 0 Å². The fourth-order valence-corrected chi connectivity index (χ4v) is 2.70. The van der Waals surface area contributed by atoms with Crippen LogP contribution in [0, 0.1) is 31.1 Å². The summed E-state index contributed by atoms with van der Waals surface area (Å²) in [5.41, 5.74) is 2.09. The van der Waals surface area contributed by atoms with E-state index in [9.17, 15) is 9.59 Å². The predicted octanol–water partition coefficient (Wildman–Crippen LogP) is 1.71. The van der Waals surface area contributed by atoms with Crippen molar-refractivity contribution in [2.45, 2.75) is 52.5 Å². The Morgan fingerprint density at radius 1 is 1.48 bits per heavy atom. The van der Waals surface area contributed by atoms with Crippen LogP contribution in [-0.2, 0) is 11.2 Å². The summed E-state index contributed by atoms with van der Waals surface area (Å²) in [4.78, 5) is 26.3.